The van der Waals surface area contributed by atoms with Gasteiger partial charge in [0.1, 0.15) is 96.1 Å². The van der Waals surface area contributed by atoms with E-state index in [4.69, 9.17) is 26.7 Å². The molecule has 2 fully saturated rings. The van der Waals surface area contributed by atoms with Crippen LogP contribution in [0.25, 0.3) is 11.1 Å². The predicted octanol–water partition coefficient (Wildman–Crippen LogP) is -0.0758. The fraction of sp³-hybridized carbons (Fsp3) is 0.515. The van der Waals surface area contributed by atoms with Crippen molar-refractivity contribution in [2.45, 2.75) is 250 Å². The molecule has 1 saturated carbocycles. The summed E-state index contributed by atoms with van der Waals surface area (Å²) < 4.78 is 10.7. The summed E-state index contributed by atoms with van der Waals surface area (Å²) in [5, 5.41) is 79.5. The standard InChI is InChI=1S/C101H140N18O25S/c1-55(2)40-71-91(132)107-70(37-39-103)90(131)111-75(43-60-19-12-10-13-20-60)97(138)119-87(58(7)8)101(142)116-79(50-120)99(140)117-80(88(129)105-49-81(104)121)53-145-54-82(122)106-73(44-62-27-33-67(34-28-62)143-51-84(125)126)93(134)112-74(46-63-29-35-68(36-30-63)144-52-85(127)128)94(135)115-78(48-83(123)124)96(137)114-77(47-64-21-16-18-59(9)42-64)95(136)110-72(41-56(3)4)92(133)113-76(45-61-25-31-66(32-26-61)65-22-14-11-15-23-65)98(139)118-86(57(5)6)100(141)108-69(24-17-38-102)89(130)109-71/h11,14-16,18,21-23,25-36,42,55-58,60,69-80,86-87,120H,10,12-13,17,19-20,24,37-41,43-54,102-103H2,1-9H3,(H2,104,121)(H,105,129)(H,106,122)(H,107,132)(H,108,141)(H,109,130)(H,110,136)(H,111,131)(H,112,134)(H,113,133)(H,114,137)(H,115,135)(H,116,142)(H,117,140)(H,118,139)(H,119,138)(H,123,124)(H,125,126)(H,127,128)/t69-,70-,71+,72-,73-,74-,75-,76-,77-,78-,79-,80-,86-,87-/m0/s1. The maximum atomic E-state index is 15.5. The van der Waals surface area contributed by atoms with E-state index in [9.17, 15) is 78.0 Å². The topological polar surface area (TPSA) is 682 Å². The Morgan fingerprint density at radius 1 is 0.407 bits per heavy atom. The molecule has 1 aliphatic heterocycles. The number of aryl methyl sites for hydroxylation is 1. The third-order valence-electron chi connectivity index (χ3n) is 24.0. The predicted molar refractivity (Wildman–Crippen MR) is 535 cm³/mol. The minimum atomic E-state index is -2.13. The molecule has 1 aliphatic carbocycles. The molecule has 5 aromatic carbocycles. The highest BCUT2D eigenvalue weighted by molar-refractivity contribution is 8.00. The number of nitrogens with one attached hydrogen (secondary N) is 15. The highest BCUT2D eigenvalue weighted by Gasteiger charge is 2.41. The quantitative estimate of drug-likeness (QED) is 0.0256. The largest absolute Gasteiger partial charge is 0.482 e. The van der Waals surface area contributed by atoms with Gasteiger partial charge in [0.05, 0.1) is 25.3 Å². The molecule has 16 amide bonds. The number of benzene rings is 5. The fourth-order valence-corrected chi connectivity index (χ4v) is 17.2. The van der Waals surface area contributed by atoms with Crippen LogP contribution < -0.4 is 106 Å². The van der Waals surface area contributed by atoms with E-state index in [1.54, 1.807) is 111 Å². The van der Waals surface area contributed by atoms with Gasteiger partial charge in [0.2, 0.25) is 94.5 Å². The van der Waals surface area contributed by atoms with E-state index in [0.717, 1.165) is 30.4 Å². The molecule has 5 aromatic rings. The van der Waals surface area contributed by atoms with Crippen molar-refractivity contribution in [3.63, 3.8) is 0 Å². The molecule has 44 heteroatoms. The zero-order valence-corrected chi connectivity index (χ0v) is 83.9. The maximum Gasteiger partial charge on any atom is 0.341 e. The molecular formula is C101H140N18O25S. The van der Waals surface area contributed by atoms with Crippen molar-refractivity contribution in [3.05, 3.63) is 155 Å². The van der Waals surface area contributed by atoms with Gasteiger partial charge in [-0.2, -0.15) is 0 Å². The molecular weight excluding hydrogens is 1900 g/mol. The number of carbonyl (C=O) groups is 19. The zero-order valence-electron chi connectivity index (χ0n) is 83.1. The monoisotopic (exact) mass is 2040 g/mol. The van der Waals surface area contributed by atoms with Gasteiger partial charge in [-0.15, -0.1) is 11.8 Å². The second kappa shape index (κ2) is 59.8. The van der Waals surface area contributed by atoms with Gasteiger partial charge in [-0.3, -0.25) is 81.5 Å². The lowest BCUT2D eigenvalue weighted by Gasteiger charge is -2.31. The van der Waals surface area contributed by atoms with Crippen LogP contribution in [0.4, 0.5) is 0 Å². The van der Waals surface area contributed by atoms with Gasteiger partial charge in [-0.25, -0.2) is 9.59 Å². The number of carboxylic acids is 3. The third-order valence-corrected chi connectivity index (χ3v) is 25.0. The number of aliphatic carboxylic acids is 3. The van der Waals surface area contributed by atoms with Gasteiger partial charge in [-0.1, -0.05) is 196 Å². The second-order valence-corrected chi connectivity index (χ2v) is 38.8. The summed E-state index contributed by atoms with van der Waals surface area (Å²) in [4.78, 5) is 273. The van der Waals surface area contributed by atoms with Crippen LogP contribution in [-0.2, 0) is 117 Å². The highest BCUT2D eigenvalue weighted by Crippen LogP contribution is 2.29. The number of hydrogen-bond donors (Lipinski definition) is 22. The van der Waals surface area contributed by atoms with Gasteiger partial charge in [0.15, 0.2) is 13.2 Å². The molecule has 0 aromatic heterocycles. The lowest BCUT2D eigenvalue weighted by Crippen LogP contribution is -2.62. The molecule has 14 atom stereocenters. The van der Waals surface area contributed by atoms with Crippen LogP contribution in [-0.4, -0.2) is 268 Å². The van der Waals surface area contributed by atoms with E-state index in [2.05, 4.69) is 79.8 Å². The Hall–Kier alpha value is -14.1. The zero-order chi connectivity index (χ0) is 107. The van der Waals surface area contributed by atoms with E-state index in [1.807, 2.05) is 30.3 Å². The number of aliphatic hydroxyl groups excluding tert-OH is 1. The first-order chi connectivity index (χ1) is 68.9. The smallest absolute Gasteiger partial charge is 0.341 e. The lowest BCUT2D eigenvalue weighted by molar-refractivity contribution is -0.142. The van der Waals surface area contributed by atoms with Crippen molar-refractivity contribution < 1.29 is 121 Å². The Bertz CT molecular complexity index is 5240. The van der Waals surface area contributed by atoms with Crippen molar-refractivity contribution in [1.29, 1.82) is 0 Å². The van der Waals surface area contributed by atoms with Crippen molar-refractivity contribution in [2.75, 3.05) is 51.0 Å². The van der Waals surface area contributed by atoms with Crippen molar-refractivity contribution in [3.8, 4) is 22.6 Å². The molecule has 2 aliphatic rings. The number of aliphatic hydroxyl groups is 1. The summed E-state index contributed by atoms with van der Waals surface area (Å²) in [5.41, 5.74) is 21.3. The average molecular weight is 2040 g/mol. The Morgan fingerprint density at radius 2 is 0.800 bits per heavy atom. The minimum absolute atomic E-state index is 0.0148. The molecule has 1 heterocycles. The summed E-state index contributed by atoms with van der Waals surface area (Å²) in [6.45, 7) is 11.4. The molecule has 0 spiro atoms. The molecule has 790 valence electrons. The fourth-order valence-electron chi connectivity index (χ4n) is 16.4. The first kappa shape index (κ1) is 118. The maximum absolute atomic E-state index is 15.5. The first-order valence-electron chi connectivity index (χ1n) is 48.6. The van der Waals surface area contributed by atoms with Gasteiger partial charge in [-0.05, 0) is 146 Å². The molecule has 7 rings (SSSR count). The van der Waals surface area contributed by atoms with Gasteiger partial charge < -0.3 is 127 Å². The van der Waals surface area contributed by atoms with Crippen molar-refractivity contribution >= 4 is 124 Å². The summed E-state index contributed by atoms with van der Waals surface area (Å²) in [6, 6.07) is 11.0. The summed E-state index contributed by atoms with van der Waals surface area (Å²) in [7, 11) is 0. The van der Waals surface area contributed by atoms with E-state index in [0.29, 0.717) is 41.3 Å². The average Bonchev–Trinajstić information content (AvgIpc) is 0.932. The number of carboxylic acid groups (broad SMARTS) is 3. The summed E-state index contributed by atoms with van der Waals surface area (Å²) >= 11 is 0.654. The van der Waals surface area contributed by atoms with Crippen molar-refractivity contribution in [1.82, 2.24) is 79.8 Å². The molecule has 0 unspecified atom stereocenters. The molecule has 25 N–H and O–H groups in total. The molecule has 0 radical (unpaired) electrons. The Kier molecular flexibility index (Phi) is 48.6. The van der Waals surface area contributed by atoms with Gasteiger partial charge >= 0.3 is 17.9 Å². The Balaban J connectivity index is 1.36. The van der Waals surface area contributed by atoms with Crippen LogP contribution in [0.1, 0.15) is 160 Å². The molecule has 43 nitrogen and oxygen atoms in total. The number of hydrogen-bond acceptors (Lipinski definition) is 25. The first-order valence-corrected chi connectivity index (χ1v) is 49.7. The number of thioether (sulfide) groups is 1. The number of amides is 16. The highest BCUT2D eigenvalue weighted by atomic mass is 32.2. The van der Waals surface area contributed by atoms with Crippen LogP contribution in [0.3, 0.4) is 0 Å². The summed E-state index contributed by atoms with van der Waals surface area (Å²) in [5.74, 6) is -24.3. The Morgan fingerprint density at radius 3 is 1.25 bits per heavy atom. The molecule has 1 saturated heterocycles. The number of nitrogens with two attached hydrogens (primary N) is 3. The SMILES string of the molecule is Cc1cccc(C[C@@H]2NC(=O)[C@H](CC(=O)O)NC(=O)[C@H](Cc3ccc(OCC(=O)O)cc3)NC(=O)[C@H](Cc3ccc(OCC(=O)O)cc3)NC(=O)CSC[C@@H](C(=O)NCC(N)=O)NC(=O)[C@H](CO)NC(=O)[C@H](C(C)C)NC(=O)[C@H](CC3CCCCC3)NC(=O)[C@H](CCN)NC(=O)[C@@H](CC(C)C)NC(=O)[C@H](CCCN)NC(=O)[C@H](C(C)C)NC(=O)[C@H](Cc3ccc(-c4ccccc4)cc3)NC(=O)[C@H](CC(C)C)NC2=O)c1. The number of primary amides is 1. The summed E-state index contributed by atoms with van der Waals surface area (Å²) in [6.07, 6.45) is 0.606. The normalized spacial score (nSPS) is 22.9. The second-order valence-electron chi connectivity index (χ2n) is 37.8. The van der Waals surface area contributed by atoms with Crippen molar-refractivity contribution in [2.24, 2.45) is 46.8 Å². The minimum Gasteiger partial charge on any atom is -0.482 e. The van der Waals surface area contributed by atoms with Crippen LogP contribution in [0.15, 0.2) is 127 Å². The van der Waals surface area contributed by atoms with Crippen LogP contribution in [0.5, 0.6) is 11.5 Å². The number of carbonyl (C=O) groups excluding carboxylic acids is 16. The van der Waals surface area contributed by atoms with E-state index in [1.165, 1.54) is 48.5 Å². The van der Waals surface area contributed by atoms with Crippen LogP contribution >= 0.6 is 11.8 Å². The van der Waals surface area contributed by atoms with Gasteiger partial charge in [0, 0.05) is 31.4 Å². The molecule has 145 heavy (non-hydrogen) atoms. The van der Waals surface area contributed by atoms with E-state index < -0.39 is 272 Å². The lowest BCUT2D eigenvalue weighted by atomic mass is 9.84. The van der Waals surface area contributed by atoms with Gasteiger partial charge in [0.25, 0.3) is 0 Å². The van der Waals surface area contributed by atoms with E-state index >= 15 is 33.6 Å². The number of rotatable bonds is 34. The third kappa shape index (κ3) is 40.9. The number of ether oxygens (including phenoxy) is 2. The molecule has 0 bridgehead atoms. The Labute approximate surface area is 845 Å². The van der Waals surface area contributed by atoms with E-state index in [-0.39, 0.29) is 98.9 Å². The van der Waals surface area contributed by atoms with Crippen LogP contribution in [0.2, 0.25) is 0 Å². The van der Waals surface area contributed by atoms with Crippen LogP contribution in [0, 0.1) is 36.5 Å².